The molecule has 0 aliphatic carbocycles. The summed E-state index contributed by atoms with van der Waals surface area (Å²) in [5.41, 5.74) is 9.50. The van der Waals surface area contributed by atoms with Crippen LogP contribution in [0.5, 0.6) is 0 Å². The molecule has 1 atom stereocenters. The van der Waals surface area contributed by atoms with Gasteiger partial charge in [0.05, 0.1) is 6.61 Å². The van der Waals surface area contributed by atoms with Gasteiger partial charge in [-0.05, 0) is 43.9 Å². The Bertz CT molecular complexity index is 390. The third-order valence-corrected chi connectivity index (χ3v) is 3.70. The maximum atomic E-state index is 6.05. The van der Waals surface area contributed by atoms with Crippen molar-refractivity contribution in [3.8, 4) is 0 Å². The summed E-state index contributed by atoms with van der Waals surface area (Å²) >= 11 is 0. The Morgan fingerprint density at radius 2 is 2.28 bits per heavy atom. The number of ether oxygens (including phenoxy) is 1. The molecule has 2 N–H and O–H groups in total. The molecule has 100 valence electrons. The first-order valence-electron chi connectivity index (χ1n) is 6.75. The van der Waals surface area contributed by atoms with Gasteiger partial charge in [-0.1, -0.05) is 17.7 Å². The number of piperidine rings is 1. The molecule has 1 aliphatic heterocycles. The fraction of sp³-hybridized carbons (Fsp3) is 0.600. The normalized spacial score (nSPS) is 21.1. The third-order valence-electron chi connectivity index (χ3n) is 3.70. The monoisotopic (exact) mass is 248 g/mol. The lowest BCUT2D eigenvalue weighted by Crippen LogP contribution is -2.36. The quantitative estimate of drug-likeness (QED) is 0.832. The number of hydrogen-bond donors (Lipinski definition) is 1. The van der Waals surface area contributed by atoms with Gasteiger partial charge in [0.15, 0.2) is 0 Å². The van der Waals surface area contributed by atoms with E-state index in [2.05, 4.69) is 24.0 Å². The molecule has 1 unspecified atom stereocenters. The van der Waals surface area contributed by atoms with Gasteiger partial charge in [0.2, 0.25) is 0 Å². The van der Waals surface area contributed by atoms with Crippen LogP contribution in [0.25, 0.3) is 0 Å². The Balaban J connectivity index is 1.98. The van der Waals surface area contributed by atoms with Crippen molar-refractivity contribution in [3.63, 3.8) is 0 Å². The molecule has 2 rings (SSSR count). The molecular weight excluding hydrogens is 224 g/mol. The minimum Gasteiger partial charge on any atom is -0.398 e. The highest BCUT2D eigenvalue weighted by Crippen LogP contribution is 2.21. The van der Waals surface area contributed by atoms with Crippen molar-refractivity contribution >= 4 is 5.69 Å². The standard InChI is InChI=1S/C15H24N2O/c1-12-5-6-15(16)14(8-12)10-17-7-3-4-13(9-17)11-18-2/h5-6,8,13H,3-4,7,9-11,16H2,1-2H3. The first kappa shape index (κ1) is 13.4. The van der Waals surface area contributed by atoms with Crippen LogP contribution in [0, 0.1) is 12.8 Å². The van der Waals surface area contributed by atoms with Crippen molar-refractivity contribution in [2.24, 2.45) is 5.92 Å². The van der Waals surface area contributed by atoms with E-state index in [1.807, 2.05) is 6.07 Å². The predicted octanol–water partition coefficient (Wildman–Crippen LogP) is 2.44. The lowest BCUT2D eigenvalue weighted by Gasteiger charge is -2.32. The first-order chi connectivity index (χ1) is 8.69. The molecule has 0 bridgehead atoms. The van der Waals surface area contributed by atoms with Crippen molar-refractivity contribution in [1.82, 2.24) is 4.90 Å². The van der Waals surface area contributed by atoms with Crippen LogP contribution >= 0.6 is 0 Å². The summed E-state index contributed by atoms with van der Waals surface area (Å²) in [5, 5.41) is 0. The van der Waals surface area contributed by atoms with Crippen LogP contribution in [0.15, 0.2) is 18.2 Å². The van der Waals surface area contributed by atoms with Gasteiger partial charge in [-0.3, -0.25) is 4.90 Å². The molecule has 0 aromatic heterocycles. The van der Waals surface area contributed by atoms with Crippen LogP contribution in [-0.2, 0) is 11.3 Å². The Labute approximate surface area is 110 Å². The molecule has 1 aliphatic rings. The second kappa shape index (κ2) is 6.21. The van der Waals surface area contributed by atoms with Gasteiger partial charge in [0.1, 0.15) is 0 Å². The molecule has 18 heavy (non-hydrogen) atoms. The molecule has 0 saturated carbocycles. The van der Waals surface area contributed by atoms with Crippen molar-refractivity contribution < 1.29 is 4.74 Å². The highest BCUT2D eigenvalue weighted by atomic mass is 16.5. The summed E-state index contributed by atoms with van der Waals surface area (Å²) in [6.07, 6.45) is 2.55. The Hall–Kier alpha value is -1.06. The number of nitrogens with zero attached hydrogens (tertiary/aromatic N) is 1. The molecule has 1 aromatic rings. The Morgan fingerprint density at radius 3 is 3.06 bits per heavy atom. The molecule has 3 nitrogen and oxygen atoms in total. The number of hydrogen-bond acceptors (Lipinski definition) is 3. The second-order valence-corrected chi connectivity index (χ2v) is 5.40. The fourth-order valence-electron chi connectivity index (χ4n) is 2.78. The molecular formula is C15H24N2O. The van der Waals surface area contributed by atoms with Crippen LogP contribution in [0.4, 0.5) is 5.69 Å². The van der Waals surface area contributed by atoms with Gasteiger partial charge in [0.25, 0.3) is 0 Å². The summed E-state index contributed by atoms with van der Waals surface area (Å²) in [7, 11) is 1.79. The van der Waals surface area contributed by atoms with Crippen LogP contribution in [0.3, 0.4) is 0 Å². The zero-order valence-electron chi connectivity index (χ0n) is 11.5. The fourth-order valence-corrected chi connectivity index (χ4v) is 2.78. The van der Waals surface area contributed by atoms with E-state index in [4.69, 9.17) is 10.5 Å². The number of nitrogens with two attached hydrogens (primary N) is 1. The van der Waals surface area contributed by atoms with Gasteiger partial charge in [-0.2, -0.15) is 0 Å². The van der Waals surface area contributed by atoms with Crippen LogP contribution in [-0.4, -0.2) is 31.7 Å². The minimum absolute atomic E-state index is 0.676. The van der Waals surface area contributed by atoms with Crippen molar-refractivity contribution in [2.45, 2.75) is 26.3 Å². The molecule has 1 aromatic carbocycles. The number of nitrogen functional groups attached to an aromatic ring is 1. The molecule has 0 amide bonds. The van der Waals surface area contributed by atoms with Gasteiger partial charge < -0.3 is 10.5 Å². The van der Waals surface area contributed by atoms with Crippen LogP contribution in [0.1, 0.15) is 24.0 Å². The minimum atomic E-state index is 0.676. The van der Waals surface area contributed by atoms with E-state index >= 15 is 0 Å². The van der Waals surface area contributed by atoms with Gasteiger partial charge in [-0.25, -0.2) is 0 Å². The Morgan fingerprint density at radius 1 is 1.44 bits per heavy atom. The summed E-state index contributed by atoms with van der Waals surface area (Å²) in [5.74, 6) is 0.676. The number of methoxy groups -OCH3 is 1. The lowest BCUT2D eigenvalue weighted by atomic mass is 9.98. The Kier molecular flexibility index (Phi) is 4.61. The largest absolute Gasteiger partial charge is 0.398 e. The number of aryl methyl sites for hydroxylation is 1. The van der Waals surface area contributed by atoms with Gasteiger partial charge in [-0.15, -0.1) is 0 Å². The molecule has 1 fully saturated rings. The van der Waals surface area contributed by atoms with E-state index < -0.39 is 0 Å². The lowest BCUT2D eigenvalue weighted by molar-refractivity contribution is 0.0874. The first-order valence-corrected chi connectivity index (χ1v) is 6.75. The average Bonchev–Trinajstić information content (AvgIpc) is 2.35. The number of anilines is 1. The van der Waals surface area contributed by atoms with E-state index in [-0.39, 0.29) is 0 Å². The topological polar surface area (TPSA) is 38.5 Å². The third kappa shape index (κ3) is 3.47. The second-order valence-electron chi connectivity index (χ2n) is 5.40. The van der Waals surface area contributed by atoms with Crippen LogP contribution < -0.4 is 5.73 Å². The highest BCUT2D eigenvalue weighted by Gasteiger charge is 2.20. The SMILES string of the molecule is COCC1CCCN(Cc2cc(C)ccc2N)C1. The summed E-state index contributed by atoms with van der Waals surface area (Å²) < 4.78 is 5.27. The van der Waals surface area contributed by atoms with Crippen LogP contribution in [0.2, 0.25) is 0 Å². The van der Waals surface area contributed by atoms with E-state index in [0.29, 0.717) is 5.92 Å². The molecule has 1 heterocycles. The van der Waals surface area contributed by atoms with E-state index in [9.17, 15) is 0 Å². The summed E-state index contributed by atoms with van der Waals surface area (Å²) in [4.78, 5) is 2.50. The van der Waals surface area contributed by atoms with Crippen molar-refractivity contribution in [2.75, 3.05) is 32.5 Å². The number of rotatable bonds is 4. The highest BCUT2D eigenvalue weighted by molar-refractivity contribution is 5.48. The summed E-state index contributed by atoms with van der Waals surface area (Å²) in [6.45, 7) is 6.26. The smallest absolute Gasteiger partial charge is 0.0502 e. The van der Waals surface area contributed by atoms with Crippen molar-refractivity contribution in [3.05, 3.63) is 29.3 Å². The zero-order valence-corrected chi connectivity index (χ0v) is 11.5. The van der Waals surface area contributed by atoms with Gasteiger partial charge in [0, 0.05) is 25.9 Å². The summed E-state index contributed by atoms with van der Waals surface area (Å²) in [6, 6.07) is 6.29. The van der Waals surface area contributed by atoms with E-state index in [1.54, 1.807) is 7.11 Å². The average molecular weight is 248 g/mol. The molecule has 3 heteroatoms. The molecule has 0 spiro atoms. The zero-order chi connectivity index (χ0) is 13.0. The van der Waals surface area contributed by atoms with Crippen molar-refractivity contribution in [1.29, 1.82) is 0 Å². The number of likely N-dealkylation sites (tertiary alicyclic amines) is 1. The van der Waals surface area contributed by atoms with E-state index in [1.165, 1.54) is 30.5 Å². The molecule has 0 radical (unpaired) electrons. The maximum absolute atomic E-state index is 6.05. The maximum Gasteiger partial charge on any atom is 0.0502 e. The number of benzene rings is 1. The molecule has 1 saturated heterocycles. The predicted molar refractivity (Wildman–Crippen MR) is 75.5 cm³/mol. The van der Waals surface area contributed by atoms with E-state index in [0.717, 1.165) is 25.4 Å². The van der Waals surface area contributed by atoms with Gasteiger partial charge >= 0.3 is 0 Å².